The SMILES string of the molecule is CC[N+]1(CC)CC[CH2][GaH][CH2]CC1. The van der Waals surface area contributed by atoms with Gasteiger partial charge in [-0.25, -0.2) is 0 Å². The van der Waals surface area contributed by atoms with Gasteiger partial charge in [0.05, 0.1) is 0 Å². The summed E-state index contributed by atoms with van der Waals surface area (Å²) in [6.07, 6.45) is 3.09. The molecule has 0 aliphatic carbocycles. The third kappa shape index (κ3) is 2.82. The summed E-state index contributed by atoms with van der Waals surface area (Å²) in [4.78, 5) is 3.32. The zero-order valence-corrected chi connectivity index (χ0v) is 11.8. The van der Waals surface area contributed by atoms with Gasteiger partial charge >= 0.3 is 84.7 Å². The molecule has 0 bridgehead atoms. The molecule has 0 saturated carbocycles. The van der Waals surface area contributed by atoms with Crippen LogP contribution in [0.5, 0.6) is 0 Å². The summed E-state index contributed by atoms with van der Waals surface area (Å²) in [6, 6.07) is 0. The Morgan fingerprint density at radius 3 is 1.92 bits per heavy atom. The summed E-state index contributed by atoms with van der Waals surface area (Å²) in [7, 11) is 0. The predicted molar refractivity (Wildman–Crippen MR) is 57.1 cm³/mol. The number of nitrogens with zero attached hydrogens (tertiary/aromatic N) is 1. The molecule has 1 rings (SSSR count). The minimum absolute atomic E-state index is 0.00810. The molecular weight excluding hydrogens is 204 g/mol. The van der Waals surface area contributed by atoms with Crippen LogP contribution in [0.2, 0.25) is 9.95 Å². The van der Waals surface area contributed by atoms with E-state index in [2.05, 4.69) is 13.8 Å². The molecule has 0 aromatic heterocycles. The third-order valence-corrected chi connectivity index (χ3v) is 7.80. The Morgan fingerprint density at radius 1 is 1.00 bits per heavy atom. The Labute approximate surface area is 84.9 Å². The van der Waals surface area contributed by atoms with Gasteiger partial charge in [0.25, 0.3) is 0 Å². The monoisotopic (exact) mass is 226 g/mol. The molecule has 12 heavy (non-hydrogen) atoms. The first-order valence-electron chi connectivity index (χ1n) is 5.68. The predicted octanol–water partition coefficient (Wildman–Crippen LogP) is 1.91. The van der Waals surface area contributed by atoms with Gasteiger partial charge in [0.15, 0.2) is 0 Å². The van der Waals surface area contributed by atoms with E-state index in [4.69, 9.17) is 0 Å². The van der Waals surface area contributed by atoms with E-state index in [0.29, 0.717) is 0 Å². The molecular formula is C10H23GaN+. The zero-order chi connectivity index (χ0) is 8.86. The van der Waals surface area contributed by atoms with Crippen molar-refractivity contribution in [1.29, 1.82) is 0 Å². The van der Waals surface area contributed by atoms with Gasteiger partial charge in [0.1, 0.15) is 0 Å². The van der Waals surface area contributed by atoms with Crippen LogP contribution in [0.4, 0.5) is 0 Å². The number of quaternary nitrogens is 1. The number of hydrogen-bond donors (Lipinski definition) is 0. The Bertz CT molecular complexity index is 111. The van der Waals surface area contributed by atoms with E-state index < -0.39 is 0 Å². The van der Waals surface area contributed by atoms with Crippen LogP contribution in [-0.2, 0) is 0 Å². The van der Waals surface area contributed by atoms with E-state index in [0.717, 1.165) is 0 Å². The topological polar surface area (TPSA) is 0 Å². The van der Waals surface area contributed by atoms with Gasteiger partial charge in [-0.3, -0.25) is 0 Å². The van der Waals surface area contributed by atoms with E-state index in [9.17, 15) is 0 Å². The molecule has 2 heteroatoms. The quantitative estimate of drug-likeness (QED) is 0.499. The molecule has 70 valence electrons. The average Bonchev–Trinajstić information content (AvgIpc) is 2.06. The van der Waals surface area contributed by atoms with Crippen LogP contribution in [0, 0.1) is 0 Å². The second-order valence-corrected chi connectivity index (χ2v) is 8.64. The molecule has 1 fully saturated rings. The van der Waals surface area contributed by atoms with Crippen molar-refractivity contribution in [2.24, 2.45) is 0 Å². The molecule has 0 radical (unpaired) electrons. The van der Waals surface area contributed by atoms with Crippen molar-refractivity contribution in [2.45, 2.75) is 36.6 Å². The fourth-order valence-corrected chi connectivity index (χ4v) is 5.56. The average molecular weight is 227 g/mol. The first-order valence-corrected chi connectivity index (χ1v) is 9.88. The van der Waals surface area contributed by atoms with Crippen molar-refractivity contribution in [3.8, 4) is 0 Å². The second kappa shape index (κ2) is 5.35. The molecule has 1 saturated heterocycles. The van der Waals surface area contributed by atoms with Crippen LogP contribution in [0.25, 0.3) is 0 Å². The molecule has 0 amide bonds. The second-order valence-electron chi connectivity index (χ2n) is 4.19. The zero-order valence-electron chi connectivity index (χ0n) is 8.81. The van der Waals surface area contributed by atoms with Crippen molar-refractivity contribution in [1.82, 2.24) is 0 Å². The van der Waals surface area contributed by atoms with Gasteiger partial charge in [-0.1, -0.05) is 0 Å². The van der Waals surface area contributed by atoms with E-state index in [1.54, 1.807) is 22.8 Å². The molecule has 1 nitrogen and oxygen atoms in total. The molecule has 1 heterocycles. The summed E-state index contributed by atoms with van der Waals surface area (Å²) < 4.78 is 1.42. The molecule has 1 aliphatic rings. The third-order valence-electron chi connectivity index (χ3n) is 3.61. The van der Waals surface area contributed by atoms with Crippen molar-refractivity contribution in [2.75, 3.05) is 26.2 Å². The number of rotatable bonds is 2. The van der Waals surface area contributed by atoms with E-state index in [-0.39, 0.29) is 17.4 Å². The first kappa shape index (κ1) is 10.7. The van der Waals surface area contributed by atoms with Gasteiger partial charge in [0, 0.05) is 0 Å². The molecule has 0 aromatic rings. The maximum absolute atomic E-state index is 2.37. The van der Waals surface area contributed by atoms with Crippen LogP contribution in [0.15, 0.2) is 0 Å². The van der Waals surface area contributed by atoms with E-state index in [1.165, 1.54) is 30.7 Å². The Morgan fingerprint density at radius 2 is 1.50 bits per heavy atom. The Kier molecular flexibility index (Phi) is 4.76. The fraction of sp³-hybridized carbons (Fsp3) is 1.00. The van der Waals surface area contributed by atoms with E-state index in [1.807, 2.05) is 0 Å². The molecule has 0 atom stereocenters. The van der Waals surface area contributed by atoms with Crippen molar-refractivity contribution in [3.05, 3.63) is 0 Å². The molecule has 1 aliphatic heterocycles. The van der Waals surface area contributed by atoms with Crippen LogP contribution < -0.4 is 0 Å². The van der Waals surface area contributed by atoms with Gasteiger partial charge in [-0.05, 0) is 0 Å². The summed E-state index contributed by atoms with van der Waals surface area (Å²) in [5.74, 6) is 0. The minimum atomic E-state index is -0.00810. The molecule has 0 unspecified atom stereocenters. The van der Waals surface area contributed by atoms with E-state index >= 15 is 0 Å². The van der Waals surface area contributed by atoms with Crippen molar-refractivity contribution < 1.29 is 4.48 Å². The Balaban J connectivity index is 2.45. The van der Waals surface area contributed by atoms with Crippen molar-refractivity contribution in [3.63, 3.8) is 0 Å². The first-order chi connectivity index (χ1) is 5.83. The van der Waals surface area contributed by atoms with Crippen LogP contribution in [0.1, 0.15) is 26.7 Å². The van der Waals surface area contributed by atoms with Crippen LogP contribution in [-0.4, -0.2) is 48.1 Å². The van der Waals surface area contributed by atoms with Gasteiger partial charge in [0.2, 0.25) is 0 Å². The van der Waals surface area contributed by atoms with Gasteiger partial charge < -0.3 is 0 Å². The summed E-state index contributed by atoms with van der Waals surface area (Å²) in [5, 5.41) is 0. The summed E-state index contributed by atoms with van der Waals surface area (Å²) in [6.45, 7) is 10.4. The standard InChI is InChI=1S/C10H22N.Ga.H/c1-5-9-11(7-3,8-4)10-6-2;;/h1-2,5-10H2,3-4H3;;/q+1;;. The van der Waals surface area contributed by atoms with Crippen molar-refractivity contribution >= 4 is 17.4 Å². The molecule has 0 N–H and O–H groups in total. The molecule has 0 aromatic carbocycles. The maximum atomic E-state index is 2.37. The fourth-order valence-electron chi connectivity index (χ4n) is 2.39. The summed E-state index contributed by atoms with van der Waals surface area (Å²) in [5.41, 5.74) is 0. The Hall–Kier alpha value is 0.596. The van der Waals surface area contributed by atoms with Crippen LogP contribution >= 0.6 is 0 Å². The van der Waals surface area contributed by atoms with Crippen LogP contribution in [0.3, 0.4) is 0 Å². The molecule has 0 spiro atoms. The summed E-state index contributed by atoms with van der Waals surface area (Å²) >= 11 is -0.00810. The normalized spacial score (nSPS) is 23.8. The van der Waals surface area contributed by atoms with Gasteiger partial charge in [-0.15, -0.1) is 0 Å². The van der Waals surface area contributed by atoms with Gasteiger partial charge in [-0.2, -0.15) is 0 Å². The number of hydrogen-bond acceptors (Lipinski definition) is 0.